The highest BCUT2D eigenvalue weighted by Crippen LogP contribution is 2.38. The first kappa shape index (κ1) is 22.7. The van der Waals surface area contributed by atoms with Crippen molar-refractivity contribution in [2.45, 2.75) is 13.2 Å². The average molecular weight is 487 g/mol. The summed E-state index contributed by atoms with van der Waals surface area (Å²) in [5.41, 5.74) is 2.57. The molecule has 0 amide bonds. The molecule has 0 heterocycles. The van der Waals surface area contributed by atoms with E-state index in [2.05, 4.69) is 5.32 Å². The van der Waals surface area contributed by atoms with Crippen LogP contribution in [-0.2, 0) is 13.2 Å². The molecule has 1 N–H and O–H groups in total. The van der Waals surface area contributed by atoms with Crippen molar-refractivity contribution in [3.8, 4) is 17.2 Å². The van der Waals surface area contributed by atoms with E-state index in [-0.39, 0.29) is 6.61 Å². The highest BCUT2D eigenvalue weighted by atomic mass is 35.5. The van der Waals surface area contributed by atoms with Gasteiger partial charge in [-0.3, -0.25) is 0 Å². The Morgan fingerprint density at radius 2 is 1.53 bits per heavy atom. The van der Waals surface area contributed by atoms with E-state index in [4.69, 9.17) is 60.6 Å². The van der Waals surface area contributed by atoms with Crippen molar-refractivity contribution in [3.05, 3.63) is 79.7 Å². The average Bonchev–Trinajstić information content (AvgIpc) is 2.72. The lowest BCUT2D eigenvalue weighted by molar-refractivity contribution is 0.284. The summed E-state index contributed by atoms with van der Waals surface area (Å²) in [6.07, 6.45) is 0. The van der Waals surface area contributed by atoms with Crippen LogP contribution in [0.3, 0.4) is 0 Å². The number of hydrogen-bond acceptors (Lipinski definition) is 4. The van der Waals surface area contributed by atoms with E-state index in [9.17, 15) is 0 Å². The van der Waals surface area contributed by atoms with Crippen molar-refractivity contribution < 1.29 is 14.2 Å². The highest BCUT2D eigenvalue weighted by Gasteiger charge is 2.14. The van der Waals surface area contributed by atoms with Gasteiger partial charge in [-0.25, -0.2) is 0 Å². The number of ether oxygens (including phenoxy) is 3. The second-order valence-electron chi connectivity index (χ2n) is 6.34. The molecule has 0 saturated carbocycles. The maximum absolute atomic E-state index is 6.47. The van der Waals surface area contributed by atoms with Crippen molar-refractivity contribution in [3.63, 3.8) is 0 Å². The summed E-state index contributed by atoms with van der Waals surface area (Å²) in [6.45, 7) is 0.746. The Hall–Kier alpha value is -1.98. The summed E-state index contributed by atoms with van der Waals surface area (Å²) >= 11 is 24.8. The van der Waals surface area contributed by atoms with Crippen LogP contribution in [0.15, 0.2) is 48.5 Å². The maximum atomic E-state index is 6.47. The van der Waals surface area contributed by atoms with Crippen molar-refractivity contribution in [1.82, 2.24) is 0 Å². The second kappa shape index (κ2) is 10.4. The number of anilines is 1. The molecule has 3 rings (SSSR count). The Bertz CT molecular complexity index is 1040. The van der Waals surface area contributed by atoms with Crippen LogP contribution in [0, 0.1) is 0 Å². The Morgan fingerprint density at radius 3 is 2.20 bits per heavy atom. The Balaban J connectivity index is 1.72. The molecule has 0 aromatic heterocycles. The van der Waals surface area contributed by atoms with Crippen LogP contribution in [0.5, 0.6) is 17.2 Å². The van der Waals surface area contributed by atoms with E-state index >= 15 is 0 Å². The molecule has 0 radical (unpaired) electrons. The summed E-state index contributed by atoms with van der Waals surface area (Å²) in [5, 5.41) is 5.35. The lowest BCUT2D eigenvalue weighted by Crippen LogP contribution is -2.03. The van der Waals surface area contributed by atoms with E-state index < -0.39 is 0 Å². The van der Waals surface area contributed by atoms with Crippen LogP contribution in [0.25, 0.3) is 0 Å². The molecule has 30 heavy (non-hydrogen) atoms. The van der Waals surface area contributed by atoms with Crippen LogP contribution < -0.4 is 19.5 Å². The normalized spacial score (nSPS) is 10.6. The van der Waals surface area contributed by atoms with Gasteiger partial charge in [0.15, 0.2) is 11.5 Å². The molecule has 0 atom stereocenters. The smallest absolute Gasteiger partial charge is 0.180 e. The molecular formula is C22H19Cl4NO3. The van der Waals surface area contributed by atoms with Gasteiger partial charge in [0.1, 0.15) is 12.4 Å². The summed E-state index contributed by atoms with van der Waals surface area (Å²) in [7, 11) is 3.14. The number of nitrogens with one attached hydrogen (secondary N) is 1. The summed E-state index contributed by atoms with van der Waals surface area (Å²) in [5.74, 6) is 1.59. The minimum Gasteiger partial charge on any atom is -0.495 e. The van der Waals surface area contributed by atoms with Crippen molar-refractivity contribution >= 4 is 52.1 Å². The van der Waals surface area contributed by atoms with E-state index in [1.54, 1.807) is 38.5 Å². The molecule has 8 heteroatoms. The number of rotatable bonds is 8. The van der Waals surface area contributed by atoms with Gasteiger partial charge in [-0.05, 0) is 48.0 Å². The topological polar surface area (TPSA) is 39.7 Å². The van der Waals surface area contributed by atoms with Crippen LogP contribution in [-0.4, -0.2) is 14.2 Å². The van der Waals surface area contributed by atoms with E-state index in [0.29, 0.717) is 43.9 Å². The molecule has 0 saturated heterocycles. The molecule has 158 valence electrons. The molecule has 3 aromatic rings. The molecule has 0 unspecified atom stereocenters. The minimum absolute atomic E-state index is 0.230. The first-order valence-corrected chi connectivity index (χ1v) is 10.4. The van der Waals surface area contributed by atoms with Gasteiger partial charge >= 0.3 is 0 Å². The predicted molar refractivity (Wildman–Crippen MR) is 124 cm³/mol. The van der Waals surface area contributed by atoms with Gasteiger partial charge in [0.05, 0.1) is 24.3 Å². The fourth-order valence-electron chi connectivity index (χ4n) is 2.78. The van der Waals surface area contributed by atoms with Gasteiger partial charge in [0, 0.05) is 27.8 Å². The zero-order valence-corrected chi connectivity index (χ0v) is 19.3. The van der Waals surface area contributed by atoms with Crippen molar-refractivity contribution in [2.75, 3.05) is 19.5 Å². The fourth-order valence-corrected chi connectivity index (χ4v) is 3.79. The molecule has 0 bridgehead atoms. The molecule has 4 nitrogen and oxygen atoms in total. The number of methoxy groups -OCH3 is 2. The molecule has 0 aliphatic rings. The third-order valence-electron chi connectivity index (χ3n) is 4.32. The molecular weight excluding hydrogens is 468 g/mol. The van der Waals surface area contributed by atoms with Crippen LogP contribution in [0.1, 0.15) is 11.1 Å². The predicted octanol–water partition coefficient (Wildman–Crippen LogP) is 7.51. The lowest BCUT2D eigenvalue weighted by atomic mass is 10.2. The zero-order valence-electron chi connectivity index (χ0n) is 16.3. The lowest BCUT2D eigenvalue weighted by Gasteiger charge is -2.16. The van der Waals surface area contributed by atoms with Crippen LogP contribution >= 0.6 is 46.4 Å². The molecule has 3 aromatic carbocycles. The van der Waals surface area contributed by atoms with Crippen LogP contribution in [0.2, 0.25) is 20.1 Å². The number of halogens is 4. The van der Waals surface area contributed by atoms with Gasteiger partial charge in [0.25, 0.3) is 0 Å². The molecule has 0 aliphatic carbocycles. The fraction of sp³-hybridized carbons (Fsp3) is 0.182. The van der Waals surface area contributed by atoms with E-state index in [1.165, 1.54) is 0 Å². The third kappa shape index (κ3) is 5.58. The Morgan fingerprint density at radius 1 is 0.767 bits per heavy atom. The van der Waals surface area contributed by atoms with Gasteiger partial charge in [0.2, 0.25) is 0 Å². The Kier molecular flexibility index (Phi) is 7.84. The summed E-state index contributed by atoms with van der Waals surface area (Å²) < 4.78 is 16.5. The largest absolute Gasteiger partial charge is 0.495 e. The first-order chi connectivity index (χ1) is 14.4. The Labute approximate surface area is 195 Å². The van der Waals surface area contributed by atoms with Gasteiger partial charge in [-0.15, -0.1) is 0 Å². The minimum atomic E-state index is 0.230. The summed E-state index contributed by atoms with van der Waals surface area (Å²) in [6, 6.07) is 14.4. The maximum Gasteiger partial charge on any atom is 0.180 e. The monoisotopic (exact) mass is 485 g/mol. The first-order valence-electron chi connectivity index (χ1n) is 8.91. The number of benzene rings is 3. The van der Waals surface area contributed by atoms with Crippen molar-refractivity contribution in [2.24, 2.45) is 0 Å². The summed E-state index contributed by atoms with van der Waals surface area (Å²) in [4.78, 5) is 0. The number of hydrogen-bond donors (Lipinski definition) is 1. The van der Waals surface area contributed by atoms with Gasteiger partial charge in [-0.2, -0.15) is 0 Å². The van der Waals surface area contributed by atoms with Gasteiger partial charge < -0.3 is 19.5 Å². The third-order valence-corrected chi connectivity index (χ3v) is 5.49. The van der Waals surface area contributed by atoms with E-state index in [0.717, 1.165) is 16.8 Å². The van der Waals surface area contributed by atoms with Crippen LogP contribution in [0.4, 0.5) is 5.69 Å². The van der Waals surface area contributed by atoms with E-state index in [1.807, 2.05) is 24.3 Å². The zero-order chi connectivity index (χ0) is 21.7. The standard InChI is InChI=1S/C22H19Cl4NO3/c1-28-20-6-5-16(10-18(20)25)27-11-13-7-19(26)22(21(8-13)29-2)30-12-14-3-4-15(23)9-17(14)24/h3-10,27H,11-12H2,1-2H3. The van der Waals surface area contributed by atoms with Gasteiger partial charge in [-0.1, -0.05) is 52.5 Å². The quantitative estimate of drug-likeness (QED) is 0.357. The molecule has 0 fully saturated rings. The highest BCUT2D eigenvalue weighted by molar-refractivity contribution is 6.35. The second-order valence-corrected chi connectivity index (χ2v) is 7.99. The SMILES string of the molecule is COc1ccc(NCc2cc(Cl)c(OCc3ccc(Cl)cc3Cl)c(OC)c2)cc1Cl. The van der Waals surface area contributed by atoms with Crippen molar-refractivity contribution in [1.29, 1.82) is 0 Å². The molecule has 0 aliphatic heterocycles. The molecule has 0 spiro atoms.